The van der Waals surface area contributed by atoms with E-state index in [4.69, 9.17) is 19.3 Å². The average molecular weight is 254 g/mol. The third kappa shape index (κ3) is 2.71. The average Bonchev–Trinajstić information content (AvgIpc) is 2.36. The highest BCUT2D eigenvalue weighted by Crippen LogP contribution is 2.31. The molecule has 1 aromatic carbocycles. The minimum absolute atomic E-state index is 0.0308. The molecular weight excluding hydrogens is 240 g/mol. The molecular formula is C12H14O6. The normalized spacial score (nSPS) is 9.72. The van der Waals surface area contributed by atoms with Gasteiger partial charge in [-0.3, -0.25) is 0 Å². The summed E-state index contributed by atoms with van der Waals surface area (Å²) in [7, 11) is 2.67. The maximum absolute atomic E-state index is 11.8. The molecule has 18 heavy (non-hydrogen) atoms. The summed E-state index contributed by atoms with van der Waals surface area (Å²) in [5.41, 5.74) is 0.0450. The van der Waals surface area contributed by atoms with E-state index < -0.39 is 11.9 Å². The third-order valence-electron chi connectivity index (χ3n) is 2.23. The van der Waals surface area contributed by atoms with Crippen molar-refractivity contribution in [2.75, 3.05) is 20.8 Å². The molecule has 98 valence electrons. The zero-order valence-electron chi connectivity index (χ0n) is 10.4. The van der Waals surface area contributed by atoms with E-state index in [-0.39, 0.29) is 29.2 Å². The van der Waals surface area contributed by atoms with Gasteiger partial charge in [0.1, 0.15) is 17.1 Å². The van der Waals surface area contributed by atoms with Crippen molar-refractivity contribution >= 4 is 11.9 Å². The molecule has 0 atom stereocenters. The Morgan fingerprint density at radius 3 is 2.00 bits per heavy atom. The van der Waals surface area contributed by atoms with E-state index in [2.05, 4.69) is 0 Å². The van der Waals surface area contributed by atoms with Gasteiger partial charge in [0, 0.05) is 0 Å². The molecule has 0 bridgehead atoms. The first kappa shape index (κ1) is 13.8. The molecule has 1 N–H and O–H groups in total. The number of carbonyl (C=O) groups excluding carboxylic acids is 1. The summed E-state index contributed by atoms with van der Waals surface area (Å²) in [6.45, 7) is 1.87. The van der Waals surface area contributed by atoms with Crippen molar-refractivity contribution in [2.45, 2.75) is 6.92 Å². The zero-order chi connectivity index (χ0) is 13.7. The van der Waals surface area contributed by atoms with Gasteiger partial charge in [-0.2, -0.15) is 0 Å². The number of carboxylic acids is 1. The van der Waals surface area contributed by atoms with Crippen LogP contribution in [0.5, 0.6) is 11.5 Å². The number of carbonyl (C=O) groups is 2. The number of aromatic carboxylic acids is 1. The van der Waals surface area contributed by atoms with Crippen LogP contribution < -0.4 is 9.47 Å². The summed E-state index contributed by atoms with van der Waals surface area (Å²) in [5.74, 6) is -1.56. The summed E-state index contributed by atoms with van der Waals surface area (Å²) in [6, 6.07) is 2.49. The summed E-state index contributed by atoms with van der Waals surface area (Å²) in [4.78, 5) is 22.7. The van der Waals surface area contributed by atoms with Crippen LogP contribution >= 0.6 is 0 Å². The molecule has 0 aromatic heterocycles. The number of hydrogen-bond donors (Lipinski definition) is 1. The molecule has 0 heterocycles. The molecule has 0 aliphatic heterocycles. The van der Waals surface area contributed by atoms with Gasteiger partial charge in [0.25, 0.3) is 0 Å². The van der Waals surface area contributed by atoms with Gasteiger partial charge in [-0.05, 0) is 19.1 Å². The summed E-state index contributed by atoms with van der Waals surface area (Å²) in [5, 5.41) is 8.93. The van der Waals surface area contributed by atoms with Crippen LogP contribution in [0.2, 0.25) is 0 Å². The lowest BCUT2D eigenvalue weighted by atomic mass is 10.1. The van der Waals surface area contributed by atoms with E-state index in [0.29, 0.717) is 0 Å². The molecule has 1 aromatic rings. The standard InChI is InChI=1S/C12H14O6/c1-4-18-12(15)10-8(16-2)5-7(11(13)14)6-9(10)17-3/h5-6H,4H2,1-3H3,(H,13,14). The van der Waals surface area contributed by atoms with Gasteiger partial charge in [-0.15, -0.1) is 0 Å². The quantitative estimate of drug-likeness (QED) is 0.803. The highest BCUT2D eigenvalue weighted by Gasteiger charge is 2.22. The predicted molar refractivity (Wildman–Crippen MR) is 62.5 cm³/mol. The number of carboxylic acid groups (broad SMARTS) is 1. The van der Waals surface area contributed by atoms with Crippen molar-refractivity contribution in [3.8, 4) is 11.5 Å². The van der Waals surface area contributed by atoms with Gasteiger partial charge >= 0.3 is 11.9 Å². The van der Waals surface area contributed by atoms with Crippen molar-refractivity contribution in [3.63, 3.8) is 0 Å². The highest BCUT2D eigenvalue weighted by molar-refractivity contribution is 5.98. The summed E-state index contributed by atoms with van der Waals surface area (Å²) >= 11 is 0. The number of rotatable bonds is 5. The van der Waals surface area contributed by atoms with E-state index >= 15 is 0 Å². The molecule has 1 rings (SSSR count). The first-order valence-corrected chi connectivity index (χ1v) is 5.21. The number of esters is 1. The molecule has 6 heteroatoms. The molecule has 0 amide bonds. The molecule has 0 radical (unpaired) electrons. The fraction of sp³-hybridized carbons (Fsp3) is 0.333. The van der Waals surface area contributed by atoms with Crippen LogP contribution in [0.3, 0.4) is 0 Å². The van der Waals surface area contributed by atoms with Crippen molar-refractivity contribution in [2.24, 2.45) is 0 Å². The number of methoxy groups -OCH3 is 2. The predicted octanol–water partition coefficient (Wildman–Crippen LogP) is 1.58. The van der Waals surface area contributed by atoms with Crippen molar-refractivity contribution < 1.29 is 28.9 Å². The second-order valence-corrected chi connectivity index (χ2v) is 3.28. The molecule has 0 aliphatic rings. The van der Waals surface area contributed by atoms with Gasteiger partial charge in [0.2, 0.25) is 0 Å². The third-order valence-corrected chi connectivity index (χ3v) is 2.23. The van der Waals surface area contributed by atoms with Crippen LogP contribution in [0, 0.1) is 0 Å². The second-order valence-electron chi connectivity index (χ2n) is 3.28. The van der Waals surface area contributed by atoms with Gasteiger partial charge in [-0.25, -0.2) is 9.59 Å². The molecule has 0 aliphatic carbocycles. The first-order chi connectivity index (χ1) is 8.54. The van der Waals surface area contributed by atoms with Crippen LogP contribution in [0.15, 0.2) is 12.1 Å². The fourth-order valence-corrected chi connectivity index (χ4v) is 1.44. The lowest BCUT2D eigenvalue weighted by Gasteiger charge is -2.13. The van der Waals surface area contributed by atoms with E-state index in [1.54, 1.807) is 6.92 Å². The van der Waals surface area contributed by atoms with Gasteiger partial charge in [-0.1, -0.05) is 0 Å². The second kappa shape index (κ2) is 5.90. The highest BCUT2D eigenvalue weighted by atomic mass is 16.5. The van der Waals surface area contributed by atoms with Gasteiger partial charge < -0.3 is 19.3 Å². The Morgan fingerprint density at radius 1 is 1.17 bits per heavy atom. The van der Waals surface area contributed by atoms with E-state index in [1.165, 1.54) is 26.4 Å². The SMILES string of the molecule is CCOC(=O)c1c(OC)cc(C(=O)O)cc1OC. The lowest BCUT2D eigenvalue weighted by molar-refractivity contribution is 0.0517. The molecule has 0 saturated heterocycles. The number of benzene rings is 1. The van der Waals surface area contributed by atoms with E-state index in [1.807, 2.05) is 0 Å². The maximum atomic E-state index is 11.8. The summed E-state index contributed by atoms with van der Waals surface area (Å²) in [6.07, 6.45) is 0. The van der Waals surface area contributed by atoms with Crippen LogP contribution in [0.1, 0.15) is 27.6 Å². The van der Waals surface area contributed by atoms with Crippen LogP contribution in [-0.2, 0) is 4.74 Å². The Bertz CT molecular complexity index is 441. The van der Waals surface area contributed by atoms with E-state index in [9.17, 15) is 9.59 Å². The molecule has 0 spiro atoms. The minimum atomic E-state index is -1.14. The van der Waals surface area contributed by atoms with Crippen LogP contribution in [0.25, 0.3) is 0 Å². The lowest BCUT2D eigenvalue weighted by Crippen LogP contribution is -2.10. The Labute approximate surface area is 104 Å². The van der Waals surface area contributed by atoms with Crippen LogP contribution in [0.4, 0.5) is 0 Å². The number of hydrogen-bond acceptors (Lipinski definition) is 5. The molecule has 0 saturated carbocycles. The Kier molecular flexibility index (Phi) is 4.53. The summed E-state index contributed by atoms with van der Waals surface area (Å²) < 4.78 is 14.9. The minimum Gasteiger partial charge on any atom is -0.496 e. The molecule has 0 fully saturated rings. The topological polar surface area (TPSA) is 82.1 Å². The maximum Gasteiger partial charge on any atom is 0.345 e. The van der Waals surface area contributed by atoms with Crippen molar-refractivity contribution in [3.05, 3.63) is 23.3 Å². The smallest absolute Gasteiger partial charge is 0.345 e. The zero-order valence-corrected chi connectivity index (χ0v) is 10.4. The Morgan fingerprint density at radius 2 is 1.67 bits per heavy atom. The monoisotopic (exact) mass is 254 g/mol. The molecule has 6 nitrogen and oxygen atoms in total. The Balaban J connectivity index is 3.39. The Hall–Kier alpha value is -2.24. The van der Waals surface area contributed by atoms with E-state index in [0.717, 1.165) is 0 Å². The largest absolute Gasteiger partial charge is 0.496 e. The number of ether oxygens (including phenoxy) is 3. The fourth-order valence-electron chi connectivity index (χ4n) is 1.44. The van der Waals surface area contributed by atoms with Gasteiger partial charge in [0.15, 0.2) is 0 Å². The molecule has 0 unspecified atom stereocenters. The van der Waals surface area contributed by atoms with Crippen LogP contribution in [-0.4, -0.2) is 37.9 Å². The van der Waals surface area contributed by atoms with Crippen molar-refractivity contribution in [1.82, 2.24) is 0 Å². The van der Waals surface area contributed by atoms with Crippen molar-refractivity contribution in [1.29, 1.82) is 0 Å². The van der Waals surface area contributed by atoms with Gasteiger partial charge in [0.05, 0.1) is 26.4 Å². The first-order valence-electron chi connectivity index (χ1n) is 5.21.